The van der Waals surface area contributed by atoms with E-state index >= 15 is 0 Å². The number of para-hydroxylation sites is 1. The van der Waals surface area contributed by atoms with Crippen molar-refractivity contribution in [2.45, 2.75) is 32.1 Å². The van der Waals surface area contributed by atoms with Crippen molar-refractivity contribution in [1.29, 1.82) is 0 Å². The molecule has 0 fully saturated rings. The second-order valence-corrected chi connectivity index (χ2v) is 6.04. The molecule has 0 atom stereocenters. The van der Waals surface area contributed by atoms with E-state index in [0.29, 0.717) is 11.8 Å². The number of aromatic amines is 1. The molecule has 1 aliphatic rings. The number of aryl methyl sites for hydroxylation is 1. The topological polar surface area (TPSA) is 49.9 Å². The molecular formula is C19H17NO2. The first-order valence-electron chi connectivity index (χ1n) is 7.85. The Labute approximate surface area is 128 Å². The molecular weight excluding hydrogens is 274 g/mol. The van der Waals surface area contributed by atoms with Crippen molar-refractivity contribution in [2.75, 3.05) is 0 Å². The van der Waals surface area contributed by atoms with Gasteiger partial charge in [-0.2, -0.15) is 0 Å². The summed E-state index contributed by atoms with van der Waals surface area (Å²) in [5.41, 5.74) is 2.57. The molecule has 2 aromatic carbocycles. The fraction of sp³-hybridized carbons (Fsp3) is 0.263. The summed E-state index contributed by atoms with van der Waals surface area (Å²) in [4.78, 5) is 27.7. The number of benzene rings is 2. The SMILES string of the molecule is O=C1CCCCCc2cc3c(=O)[nH]c4ccccc4c3cc21. The molecule has 0 bridgehead atoms. The first-order valence-corrected chi connectivity index (χ1v) is 7.85. The van der Waals surface area contributed by atoms with Gasteiger partial charge in [0.25, 0.3) is 5.56 Å². The Hall–Kier alpha value is -2.42. The number of carbonyl (C=O) groups is 1. The van der Waals surface area contributed by atoms with Gasteiger partial charge in [0.15, 0.2) is 5.78 Å². The normalized spacial score (nSPS) is 15.5. The lowest BCUT2D eigenvalue weighted by Gasteiger charge is -2.14. The molecule has 4 rings (SSSR count). The summed E-state index contributed by atoms with van der Waals surface area (Å²) >= 11 is 0. The maximum Gasteiger partial charge on any atom is 0.256 e. The molecule has 0 saturated heterocycles. The second kappa shape index (κ2) is 5.09. The minimum atomic E-state index is -0.0778. The first-order chi connectivity index (χ1) is 10.7. The number of Topliss-reactive ketones (excluding diaryl/α,β-unsaturated/α-hetero) is 1. The number of rotatable bonds is 0. The molecule has 0 spiro atoms. The number of hydrogen-bond acceptors (Lipinski definition) is 2. The quantitative estimate of drug-likeness (QED) is 0.637. The summed E-state index contributed by atoms with van der Waals surface area (Å²) in [5, 5.41) is 2.56. The average Bonchev–Trinajstić information content (AvgIpc) is 2.52. The van der Waals surface area contributed by atoms with E-state index in [2.05, 4.69) is 4.98 Å². The van der Waals surface area contributed by atoms with Gasteiger partial charge in [0, 0.05) is 28.3 Å². The fourth-order valence-electron chi connectivity index (χ4n) is 3.45. The smallest absolute Gasteiger partial charge is 0.256 e. The zero-order valence-corrected chi connectivity index (χ0v) is 12.3. The summed E-state index contributed by atoms with van der Waals surface area (Å²) in [6.07, 6.45) is 4.61. The third-order valence-corrected chi connectivity index (χ3v) is 4.60. The molecule has 3 nitrogen and oxygen atoms in total. The third kappa shape index (κ3) is 2.05. The molecule has 110 valence electrons. The molecule has 0 unspecified atom stereocenters. The minimum Gasteiger partial charge on any atom is -0.321 e. The first kappa shape index (κ1) is 13.3. The molecule has 3 heteroatoms. The predicted molar refractivity (Wildman–Crippen MR) is 88.6 cm³/mol. The molecule has 1 heterocycles. The standard InChI is InChI=1S/C19H17NO2/c21-18-9-3-1-2-6-12-10-16-15(11-14(12)18)13-7-4-5-8-17(13)20-19(16)22/h4-5,7-8,10-11H,1-3,6,9H2,(H,20,22). The molecule has 1 aromatic heterocycles. The Balaban J connectivity index is 2.11. The Morgan fingerprint density at radius 1 is 0.818 bits per heavy atom. The molecule has 0 aliphatic heterocycles. The number of hydrogen-bond donors (Lipinski definition) is 1. The van der Waals surface area contributed by atoms with E-state index in [-0.39, 0.29) is 11.3 Å². The molecule has 1 N–H and O–H groups in total. The highest BCUT2D eigenvalue weighted by Crippen LogP contribution is 2.28. The van der Waals surface area contributed by atoms with Crippen LogP contribution in [0.1, 0.15) is 41.6 Å². The van der Waals surface area contributed by atoms with Gasteiger partial charge in [-0.15, -0.1) is 0 Å². The highest BCUT2D eigenvalue weighted by Gasteiger charge is 2.17. The zero-order chi connectivity index (χ0) is 15.1. The van der Waals surface area contributed by atoms with Crippen LogP contribution in [-0.4, -0.2) is 10.8 Å². The Kier molecular flexibility index (Phi) is 3.07. The second-order valence-electron chi connectivity index (χ2n) is 6.04. The van der Waals surface area contributed by atoms with Gasteiger partial charge in [0.1, 0.15) is 0 Å². The number of pyridine rings is 1. The van der Waals surface area contributed by atoms with Crippen molar-refractivity contribution in [1.82, 2.24) is 4.98 Å². The number of ketones is 1. The van der Waals surface area contributed by atoms with Crippen molar-refractivity contribution < 1.29 is 4.79 Å². The van der Waals surface area contributed by atoms with Gasteiger partial charge in [0.2, 0.25) is 0 Å². The highest BCUT2D eigenvalue weighted by molar-refractivity contribution is 6.09. The van der Waals surface area contributed by atoms with E-state index in [1.807, 2.05) is 36.4 Å². The summed E-state index contributed by atoms with van der Waals surface area (Å²) in [6.45, 7) is 0. The van der Waals surface area contributed by atoms with Gasteiger partial charge in [-0.05, 0) is 48.4 Å². The number of H-pyrrole nitrogens is 1. The minimum absolute atomic E-state index is 0.0778. The van der Waals surface area contributed by atoms with Gasteiger partial charge in [-0.3, -0.25) is 9.59 Å². The van der Waals surface area contributed by atoms with Crippen molar-refractivity contribution in [3.05, 3.63) is 57.9 Å². The van der Waals surface area contributed by atoms with Crippen LogP contribution in [0, 0.1) is 0 Å². The largest absolute Gasteiger partial charge is 0.321 e. The van der Waals surface area contributed by atoms with Crippen LogP contribution in [0.2, 0.25) is 0 Å². The highest BCUT2D eigenvalue weighted by atomic mass is 16.1. The predicted octanol–water partition coefficient (Wildman–Crippen LogP) is 3.98. The zero-order valence-electron chi connectivity index (χ0n) is 12.3. The monoisotopic (exact) mass is 291 g/mol. The lowest BCUT2D eigenvalue weighted by Crippen LogP contribution is -2.11. The molecule has 1 aliphatic carbocycles. The Morgan fingerprint density at radius 2 is 1.64 bits per heavy atom. The van der Waals surface area contributed by atoms with E-state index < -0.39 is 0 Å². The number of carbonyl (C=O) groups excluding carboxylic acids is 1. The van der Waals surface area contributed by atoms with Crippen LogP contribution >= 0.6 is 0 Å². The molecule has 0 radical (unpaired) electrons. The van der Waals surface area contributed by atoms with E-state index in [9.17, 15) is 9.59 Å². The Morgan fingerprint density at radius 3 is 2.55 bits per heavy atom. The van der Waals surface area contributed by atoms with Crippen LogP contribution < -0.4 is 5.56 Å². The van der Waals surface area contributed by atoms with Crippen LogP contribution in [0.4, 0.5) is 0 Å². The molecule has 22 heavy (non-hydrogen) atoms. The van der Waals surface area contributed by atoms with E-state index in [4.69, 9.17) is 0 Å². The van der Waals surface area contributed by atoms with Crippen LogP contribution in [0.25, 0.3) is 21.7 Å². The number of nitrogens with one attached hydrogen (secondary N) is 1. The average molecular weight is 291 g/mol. The number of fused-ring (bicyclic) bond motifs is 4. The van der Waals surface area contributed by atoms with Gasteiger partial charge in [-0.25, -0.2) is 0 Å². The third-order valence-electron chi connectivity index (χ3n) is 4.60. The molecule has 0 saturated carbocycles. The van der Waals surface area contributed by atoms with Crippen LogP contribution in [0.5, 0.6) is 0 Å². The van der Waals surface area contributed by atoms with E-state index in [0.717, 1.165) is 53.1 Å². The van der Waals surface area contributed by atoms with E-state index in [1.165, 1.54) is 0 Å². The maximum atomic E-state index is 12.4. The fourth-order valence-corrected chi connectivity index (χ4v) is 3.45. The lowest BCUT2D eigenvalue weighted by atomic mass is 9.89. The molecule has 0 amide bonds. The number of aromatic nitrogens is 1. The molecule has 3 aromatic rings. The Bertz CT molecular complexity index is 953. The van der Waals surface area contributed by atoms with Crippen molar-refractivity contribution in [2.24, 2.45) is 0 Å². The van der Waals surface area contributed by atoms with Crippen molar-refractivity contribution in [3.63, 3.8) is 0 Å². The van der Waals surface area contributed by atoms with Crippen molar-refractivity contribution in [3.8, 4) is 0 Å². The van der Waals surface area contributed by atoms with Gasteiger partial charge in [0.05, 0.1) is 0 Å². The summed E-state index contributed by atoms with van der Waals surface area (Å²) in [7, 11) is 0. The maximum absolute atomic E-state index is 12.4. The van der Waals surface area contributed by atoms with Gasteiger partial charge in [-0.1, -0.05) is 24.6 Å². The van der Waals surface area contributed by atoms with Crippen LogP contribution in [0.3, 0.4) is 0 Å². The van der Waals surface area contributed by atoms with Crippen LogP contribution in [0.15, 0.2) is 41.2 Å². The van der Waals surface area contributed by atoms with Crippen LogP contribution in [-0.2, 0) is 6.42 Å². The lowest BCUT2D eigenvalue weighted by molar-refractivity contribution is 0.0976. The summed E-state index contributed by atoms with van der Waals surface area (Å²) in [6, 6.07) is 11.6. The van der Waals surface area contributed by atoms with Gasteiger partial charge >= 0.3 is 0 Å². The van der Waals surface area contributed by atoms with Crippen molar-refractivity contribution >= 4 is 27.5 Å². The summed E-state index contributed by atoms with van der Waals surface area (Å²) < 4.78 is 0. The summed E-state index contributed by atoms with van der Waals surface area (Å²) in [5.74, 6) is 0.209. The van der Waals surface area contributed by atoms with Gasteiger partial charge < -0.3 is 4.98 Å². The van der Waals surface area contributed by atoms with E-state index in [1.54, 1.807) is 0 Å².